The third kappa shape index (κ3) is 2.05. The molecule has 0 saturated carbocycles. The number of fused-ring (bicyclic) bond motifs is 4. The van der Waals surface area contributed by atoms with Crippen LogP contribution < -0.4 is 15.8 Å². The molecule has 1 aromatic carbocycles. The third-order valence-electron chi connectivity index (χ3n) is 4.34. The van der Waals surface area contributed by atoms with E-state index in [0.717, 1.165) is 22.2 Å². The van der Waals surface area contributed by atoms with Crippen molar-refractivity contribution in [2.45, 2.75) is 25.2 Å². The minimum Gasteiger partial charge on any atom is -0.462 e. The normalized spacial score (nSPS) is 22.0. The van der Waals surface area contributed by atoms with E-state index in [-0.39, 0.29) is 6.02 Å². The fourth-order valence-electron chi connectivity index (χ4n) is 3.10. The second kappa shape index (κ2) is 4.58. The van der Waals surface area contributed by atoms with Gasteiger partial charge in [-0.25, -0.2) is 9.98 Å². The molecule has 118 valence electrons. The van der Waals surface area contributed by atoms with Gasteiger partial charge in [0.1, 0.15) is 20.4 Å². The molecule has 0 radical (unpaired) electrons. The highest BCUT2D eigenvalue weighted by molar-refractivity contribution is 6.88. The Labute approximate surface area is 136 Å². The first kappa shape index (κ1) is 14.3. The number of aliphatic imine (C=N–C) groups is 1. The van der Waals surface area contributed by atoms with Crippen molar-refractivity contribution in [1.29, 1.82) is 0 Å². The molecule has 2 aromatic rings. The summed E-state index contributed by atoms with van der Waals surface area (Å²) in [6, 6.07) is 12.2. The maximum atomic E-state index is 6.08. The van der Waals surface area contributed by atoms with Gasteiger partial charge in [-0.05, 0) is 18.2 Å². The Morgan fingerprint density at radius 3 is 2.57 bits per heavy atom. The molecule has 0 aliphatic carbocycles. The molecule has 2 N–H and O–H groups in total. The van der Waals surface area contributed by atoms with Gasteiger partial charge >= 0.3 is 0 Å². The molecule has 2 aliphatic rings. The number of nitrogens with zero attached hydrogens (tertiary/aromatic N) is 2. The van der Waals surface area contributed by atoms with Crippen LogP contribution in [0.15, 0.2) is 41.4 Å². The molecule has 0 saturated heterocycles. The Morgan fingerprint density at radius 2 is 1.87 bits per heavy atom. The van der Waals surface area contributed by atoms with E-state index < -0.39 is 13.6 Å². The highest BCUT2D eigenvalue weighted by atomic mass is 28.3. The summed E-state index contributed by atoms with van der Waals surface area (Å²) in [6.07, 6.45) is 0. The number of amidine groups is 1. The van der Waals surface area contributed by atoms with Crippen molar-refractivity contribution in [3.63, 3.8) is 0 Å². The zero-order valence-corrected chi connectivity index (χ0v) is 14.5. The monoisotopic (exact) mass is 325 g/mol. The maximum Gasteiger partial charge on any atom is 0.283 e. The number of hydrogen-bond acceptors (Lipinski definition) is 5. The van der Waals surface area contributed by atoms with E-state index in [2.05, 4.69) is 36.8 Å². The van der Waals surface area contributed by atoms with Crippen LogP contribution in [0.5, 0.6) is 11.6 Å². The molecule has 1 spiro atoms. The van der Waals surface area contributed by atoms with Gasteiger partial charge in [-0.1, -0.05) is 37.8 Å². The molecule has 6 heteroatoms. The van der Waals surface area contributed by atoms with Crippen molar-refractivity contribution >= 4 is 19.4 Å². The minimum atomic E-state index is -1.53. The lowest BCUT2D eigenvalue weighted by atomic mass is 9.83. The second-order valence-electron chi connectivity index (χ2n) is 7.00. The molecule has 1 unspecified atom stereocenters. The summed E-state index contributed by atoms with van der Waals surface area (Å²) in [5.74, 6) is 1.38. The van der Waals surface area contributed by atoms with Gasteiger partial charge in [0.25, 0.3) is 6.02 Å². The van der Waals surface area contributed by atoms with Crippen LogP contribution in [0.2, 0.25) is 19.6 Å². The van der Waals surface area contributed by atoms with Crippen LogP contribution >= 0.6 is 0 Å². The first-order valence-electron chi connectivity index (χ1n) is 7.68. The number of benzene rings is 1. The van der Waals surface area contributed by atoms with E-state index in [0.29, 0.717) is 12.5 Å². The van der Waals surface area contributed by atoms with Crippen LogP contribution in [0.3, 0.4) is 0 Å². The Morgan fingerprint density at radius 1 is 1.09 bits per heavy atom. The van der Waals surface area contributed by atoms with Crippen molar-refractivity contribution in [3.8, 4) is 11.6 Å². The molecule has 0 fully saturated rings. The number of hydrogen-bond donors (Lipinski definition) is 1. The van der Waals surface area contributed by atoms with Gasteiger partial charge in [0.2, 0.25) is 5.88 Å². The van der Waals surface area contributed by atoms with Crippen molar-refractivity contribution in [2.24, 2.45) is 10.7 Å². The number of para-hydroxylation sites is 1. The van der Waals surface area contributed by atoms with Crippen LogP contribution in [0, 0.1) is 0 Å². The van der Waals surface area contributed by atoms with E-state index in [1.165, 1.54) is 0 Å². The van der Waals surface area contributed by atoms with E-state index in [1.54, 1.807) is 0 Å². The summed E-state index contributed by atoms with van der Waals surface area (Å²) in [4.78, 5) is 9.42. The average molecular weight is 325 g/mol. The van der Waals surface area contributed by atoms with Crippen LogP contribution in [-0.4, -0.2) is 25.7 Å². The fourth-order valence-corrected chi connectivity index (χ4v) is 4.12. The summed E-state index contributed by atoms with van der Waals surface area (Å²) in [6.45, 7) is 7.18. The Bertz CT molecular complexity index is 829. The number of rotatable bonds is 1. The van der Waals surface area contributed by atoms with Crippen molar-refractivity contribution in [3.05, 3.63) is 47.5 Å². The number of nitrogens with two attached hydrogens (primary N) is 1. The summed E-state index contributed by atoms with van der Waals surface area (Å²) in [5.41, 5.74) is 7.06. The molecular formula is C17H19N3O2Si. The molecule has 1 atom stereocenters. The van der Waals surface area contributed by atoms with E-state index in [1.807, 2.05) is 24.3 Å². The Hall–Kier alpha value is -2.34. The average Bonchev–Trinajstić information content (AvgIpc) is 2.89. The molecule has 1 aromatic heterocycles. The van der Waals surface area contributed by atoms with Gasteiger partial charge in [0.05, 0.1) is 5.56 Å². The molecule has 0 amide bonds. The van der Waals surface area contributed by atoms with Gasteiger partial charge in [0.15, 0.2) is 5.54 Å². The minimum absolute atomic E-state index is 0.210. The maximum absolute atomic E-state index is 6.08. The number of pyridine rings is 1. The Balaban J connectivity index is 1.96. The number of ether oxygens (including phenoxy) is 2. The van der Waals surface area contributed by atoms with E-state index >= 15 is 0 Å². The SMILES string of the molecule is C[Si](C)(C)c1ccc2c(n1)Oc1ccccc1C21COC(N)=N1. The predicted molar refractivity (Wildman–Crippen MR) is 92.1 cm³/mol. The summed E-state index contributed by atoms with van der Waals surface area (Å²) in [5, 5.41) is 1.11. The topological polar surface area (TPSA) is 69.7 Å². The highest BCUT2D eigenvalue weighted by Crippen LogP contribution is 2.49. The smallest absolute Gasteiger partial charge is 0.283 e. The van der Waals surface area contributed by atoms with Crippen molar-refractivity contribution in [2.75, 3.05) is 6.61 Å². The van der Waals surface area contributed by atoms with E-state index in [9.17, 15) is 0 Å². The lowest BCUT2D eigenvalue weighted by molar-refractivity contribution is 0.262. The van der Waals surface area contributed by atoms with Crippen LogP contribution in [0.4, 0.5) is 0 Å². The van der Waals surface area contributed by atoms with Crippen molar-refractivity contribution < 1.29 is 9.47 Å². The van der Waals surface area contributed by atoms with Gasteiger partial charge in [-0.2, -0.15) is 0 Å². The summed E-state index contributed by atoms with van der Waals surface area (Å²) >= 11 is 0. The van der Waals surface area contributed by atoms with Crippen LogP contribution in [0.1, 0.15) is 11.1 Å². The summed E-state index contributed by atoms with van der Waals surface area (Å²) in [7, 11) is -1.53. The first-order valence-corrected chi connectivity index (χ1v) is 11.2. The Kier molecular flexibility index (Phi) is 2.84. The van der Waals surface area contributed by atoms with Gasteiger partial charge in [-0.15, -0.1) is 0 Å². The summed E-state index contributed by atoms with van der Waals surface area (Å²) < 4.78 is 11.6. The molecule has 5 nitrogen and oxygen atoms in total. The van der Waals surface area contributed by atoms with E-state index in [4.69, 9.17) is 20.2 Å². The molecule has 4 rings (SSSR count). The van der Waals surface area contributed by atoms with Gasteiger partial charge < -0.3 is 15.2 Å². The first-order chi connectivity index (χ1) is 10.9. The van der Waals surface area contributed by atoms with Crippen LogP contribution in [-0.2, 0) is 10.3 Å². The molecule has 0 bridgehead atoms. The quantitative estimate of drug-likeness (QED) is 0.817. The predicted octanol–water partition coefficient (Wildman–Crippen LogP) is 2.32. The zero-order chi connectivity index (χ0) is 16.2. The molecule has 23 heavy (non-hydrogen) atoms. The lowest BCUT2D eigenvalue weighted by Gasteiger charge is -2.33. The molecule has 2 aliphatic heterocycles. The molecule has 3 heterocycles. The van der Waals surface area contributed by atoms with Crippen LogP contribution in [0.25, 0.3) is 0 Å². The van der Waals surface area contributed by atoms with Gasteiger partial charge in [-0.3, -0.25) is 0 Å². The van der Waals surface area contributed by atoms with Gasteiger partial charge in [0, 0.05) is 10.9 Å². The molecular weight excluding hydrogens is 306 g/mol. The highest BCUT2D eigenvalue weighted by Gasteiger charge is 2.47. The third-order valence-corrected chi connectivity index (χ3v) is 6.16. The fraction of sp³-hybridized carbons (Fsp3) is 0.294. The van der Waals surface area contributed by atoms with Crippen molar-refractivity contribution in [1.82, 2.24) is 4.98 Å². The lowest BCUT2D eigenvalue weighted by Crippen LogP contribution is -2.41. The second-order valence-corrected chi connectivity index (χ2v) is 12.0. The zero-order valence-electron chi connectivity index (χ0n) is 13.5. The largest absolute Gasteiger partial charge is 0.462 e. The standard InChI is InChI=1S/C17H19N3O2Si/c1-23(2,3)14-9-8-12-15(19-14)22-13-7-5-4-6-11(13)17(12)10-21-16(18)20-17/h4-9H,10H2,1-3H3,(H2,18,20). The number of aromatic nitrogens is 1.